The quantitative estimate of drug-likeness (QED) is 0.624. The zero-order valence-electron chi connectivity index (χ0n) is 16.7. The molecule has 0 saturated carbocycles. The van der Waals surface area contributed by atoms with Crippen molar-refractivity contribution in [3.8, 4) is 0 Å². The fourth-order valence-electron chi connectivity index (χ4n) is 3.08. The van der Waals surface area contributed by atoms with Gasteiger partial charge >= 0.3 is 0 Å². The Morgan fingerprint density at radius 3 is 2.34 bits per heavy atom. The smallest absolute Gasteiger partial charge is 0.241 e. The van der Waals surface area contributed by atoms with Crippen molar-refractivity contribution in [3.05, 3.63) is 72.6 Å². The second-order valence-electron chi connectivity index (χ2n) is 7.37. The summed E-state index contributed by atoms with van der Waals surface area (Å²) in [5.74, 6) is -0.605. The second-order valence-corrected chi connectivity index (χ2v) is 9.08. The number of benzene rings is 2. The minimum absolute atomic E-state index is 0.134. The van der Waals surface area contributed by atoms with E-state index in [2.05, 4.69) is 15.0 Å². The van der Waals surface area contributed by atoms with Crippen LogP contribution in [0.1, 0.15) is 32.4 Å². The summed E-state index contributed by atoms with van der Waals surface area (Å²) in [6.07, 6.45) is 3.33. The Morgan fingerprint density at radius 1 is 0.966 bits per heavy atom. The van der Waals surface area contributed by atoms with Gasteiger partial charge in [0.05, 0.1) is 10.9 Å². The molecule has 0 saturated heterocycles. The summed E-state index contributed by atoms with van der Waals surface area (Å²) in [6.45, 7) is 5.45. The third-order valence-corrected chi connectivity index (χ3v) is 6.24. The molecular formula is C22H25N3O3S. The highest BCUT2D eigenvalue weighted by Crippen LogP contribution is 2.20. The number of hydrogen-bond donors (Lipinski definition) is 2. The average Bonchev–Trinajstić information content (AvgIpc) is 2.72. The molecule has 1 heterocycles. The molecule has 6 nitrogen and oxygen atoms in total. The van der Waals surface area contributed by atoms with E-state index in [9.17, 15) is 13.2 Å². The predicted molar refractivity (Wildman–Crippen MR) is 114 cm³/mol. The molecule has 0 aliphatic carbocycles. The van der Waals surface area contributed by atoms with Gasteiger partial charge in [0.25, 0.3) is 0 Å². The summed E-state index contributed by atoms with van der Waals surface area (Å²) >= 11 is 0. The van der Waals surface area contributed by atoms with Crippen LogP contribution in [0.4, 0.5) is 0 Å². The number of nitrogens with zero attached hydrogens (tertiary/aromatic N) is 1. The highest BCUT2D eigenvalue weighted by molar-refractivity contribution is 7.89. The maximum absolute atomic E-state index is 12.9. The van der Waals surface area contributed by atoms with Crippen molar-refractivity contribution in [2.75, 3.05) is 0 Å². The van der Waals surface area contributed by atoms with E-state index in [4.69, 9.17) is 0 Å². The number of carbonyl (C=O) groups is 1. The highest BCUT2D eigenvalue weighted by Gasteiger charge is 2.29. The first-order valence-corrected chi connectivity index (χ1v) is 11.0. The molecule has 7 heteroatoms. The van der Waals surface area contributed by atoms with Gasteiger partial charge in [-0.1, -0.05) is 50.2 Å². The first kappa shape index (κ1) is 21.0. The normalized spacial score (nSPS) is 13.9. The Balaban J connectivity index is 1.80. The third-order valence-electron chi connectivity index (χ3n) is 4.81. The van der Waals surface area contributed by atoms with Crippen molar-refractivity contribution in [1.29, 1.82) is 0 Å². The van der Waals surface area contributed by atoms with Gasteiger partial charge in [-0.05, 0) is 47.4 Å². The Labute approximate surface area is 171 Å². The summed E-state index contributed by atoms with van der Waals surface area (Å²) in [6, 6.07) is 14.9. The monoisotopic (exact) mass is 411 g/mol. The lowest BCUT2D eigenvalue weighted by Crippen LogP contribution is -2.50. The van der Waals surface area contributed by atoms with E-state index in [0.29, 0.717) is 0 Å². The van der Waals surface area contributed by atoms with E-state index in [1.54, 1.807) is 36.7 Å². The van der Waals surface area contributed by atoms with Gasteiger partial charge in [0, 0.05) is 12.4 Å². The van der Waals surface area contributed by atoms with E-state index < -0.39 is 16.1 Å². The Kier molecular flexibility index (Phi) is 6.30. The predicted octanol–water partition coefficient (Wildman–Crippen LogP) is 3.42. The number of fused-ring (bicyclic) bond motifs is 1. The van der Waals surface area contributed by atoms with Crippen molar-refractivity contribution >= 4 is 26.7 Å². The molecule has 0 spiro atoms. The zero-order chi connectivity index (χ0) is 21.0. The lowest BCUT2D eigenvalue weighted by atomic mass is 10.0. The van der Waals surface area contributed by atoms with Crippen LogP contribution in [0.5, 0.6) is 0 Å². The topological polar surface area (TPSA) is 88.2 Å². The van der Waals surface area contributed by atoms with Crippen molar-refractivity contribution in [2.24, 2.45) is 5.92 Å². The van der Waals surface area contributed by atoms with Gasteiger partial charge < -0.3 is 5.32 Å². The van der Waals surface area contributed by atoms with Crippen molar-refractivity contribution < 1.29 is 13.2 Å². The molecule has 0 aliphatic heterocycles. The van der Waals surface area contributed by atoms with Crippen molar-refractivity contribution in [3.63, 3.8) is 0 Å². The number of hydrogen-bond acceptors (Lipinski definition) is 4. The first-order chi connectivity index (χ1) is 13.8. The van der Waals surface area contributed by atoms with Crippen LogP contribution in [0, 0.1) is 5.92 Å². The summed E-state index contributed by atoms with van der Waals surface area (Å²) < 4.78 is 28.5. The molecular weight excluding hydrogens is 386 g/mol. The fraction of sp³-hybridized carbons (Fsp3) is 0.273. The van der Waals surface area contributed by atoms with E-state index in [0.717, 1.165) is 16.3 Å². The Morgan fingerprint density at radius 2 is 1.69 bits per heavy atom. The van der Waals surface area contributed by atoms with Gasteiger partial charge in [0.1, 0.15) is 6.04 Å². The summed E-state index contributed by atoms with van der Waals surface area (Å²) in [5, 5.41) is 4.65. The fourth-order valence-corrected chi connectivity index (χ4v) is 4.46. The number of sulfonamides is 1. The second kappa shape index (κ2) is 8.71. The Bertz CT molecular complexity index is 1100. The van der Waals surface area contributed by atoms with Gasteiger partial charge in [-0.25, -0.2) is 8.42 Å². The molecule has 0 aliphatic rings. The molecule has 0 fully saturated rings. The maximum atomic E-state index is 12.9. The first-order valence-electron chi connectivity index (χ1n) is 9.49. The highest BCUT2D eigenvalue weighted by atomic mass is 32.2. The largest absolute Gasteiger partial charge is 0.348 e. The van der Waals surface area contributed by atoms with Crippen LogP contribution < -0.4 is 10.0 Å². The molecule has 2 aromatic carbocycles. The van der Waals surface area contributed by atoms with Crippen LogP contribution in [0.15, 0.2) is 71.9 Å². The molecule has 0 radical (unpaired) electrons. The molecule has 2 N–H and O–H groups in total. The summed E-state index contributed by atoms with van der Waals surface area (Å²) in [4.78, 5) is 17.0. The number of carbonyl (C=O) groups excluding carboxylic acids is 1. The number of nitrogens with one attached hydrogen (secondary N) is 2. The van der Waals surface area contributed by atoms with Crippen LogP contribution in [-0.4, -0.2) is 25.4 Å². The lowest BCUT2D eigenvalue weighted by molar-refractivity contribution is -0.124. The molecule has 2 unspecified atom stereocenters. The Hall–Kier alpha value is -2.77. The zero-order valence-corrected chi connectivity index (χ0v) is 17.5. The number of pyridine rings is 1. The standard InChI is InChI=1S/C22H25N3O3S/c1-15(2)21(22(26)24-16(3)19-9-6-12-23-14-19)25-29(27,28)20-11-10-17-7-4-5-8-18(17)13-20/h4-16,21,25H,1-3H3,(H,24,26). The molecule has 29 heavy (non-hydrogen) atoms. The van der Waals surface area contributed by atoms with Gasteiger partial charge in [-0.2, -0.15) is 4.72 Å². The van der Waals surface area contributed by atoms with Gasteiger partial charge in [0.2, 0.25) is 15.9 Å². The molecule has 2 atom stereocenters. The van der Waals surface area contributed by atoms with Crippen LogP contribution >= 0.6 is 0 Å². The van der Waals surface area contributed by atoms with Gasteiger partial charge in [-0.3, -0.25) is 9.78 Å². The lowest BCUT2D eigenvalue weighted by Gasteiger charge is -2.24. The van der Waals surface area contributed by atoms with Gasteiger partial charge in [0.15, 0.2) is 0 Å². The van der Waals surface area contributed by atoms with E-state index in [1.807, 2.05) is 51.1 Å². The van der Waals surface area contributed by atoms with Crippen molar-refractivity contribution in [1.82, 2.24) is 15.0 Å². The number of aromatic nitrogens is 1. The molecule has 152 valence electrons. The average molecular weight is 412 g/mol. The molecule has 1 amide bonds. The number of rotatable bonds is 7. The van der Waals surface area contributed by atoms with E-state index >= 15 is 0 Å². The van der Waals surface area contributed by atoms with Crippen LogP contribution in [0.2, 0.25) is 0 Å². The number of amides is 1. The van der Waals surface area contributed by atoms with E-state index in [-0.39, 0.29) is 22.8 Å². The maximum Gasteiger partial charge on any atom is 0.241 e. The van der Waals surface area contributed by atoms with Crippen LogP contribution in [0.3, 0.4) is 0 Å². The SMILES string of the molecule is CC(NC(=O)C(NS(=O)(=O)c1ccc2ccccc2c1)C(C)C)c1cccnc1. The van der Waals surface area contributed by atoms with E-state index in [1.165, 1.54) is 0 Å². The van der Waals surface area contributed by atoms with Crippen LogP contribution in [-0.2, 0) is 14.8 Å². The minimum Gasteiger partial charge on any atom is -0.348 e. The van der Waals surface area contributed by atoms with Gasteiger partial charge in [-0.15, -0.1) is 0 Å². The summed E-state index contributed by atoms with van der Waals surface area (Å²) in [7, 11) is -3.86. The van der Waals surface area contributed by atoms with Crippen molar-refractivity contribution in [2.45, 2.75) is 37.8 Å². The molecule has 3 aromatic rings. The third kappa shape index (κ3) is 4.99. The molecule has 3 rings (SSSR count). The summed E-state index contributed by atoms with van der Waals surface area (Å²) in [5.41, 5.74) is 0.848. The molecule has 1 aromatic heterocycles. The minimum atomic E-state index is -3.86. The molecule has 0 bridgehead atoms. The van der Waals surface area contributed by atoms with Crippen LogP contribution in [0.25, 0.3) is 10.8 Å².